The van der Waals surface area contributed by atoms with Crippen molar-refractivity contribution in [2.75, 3.05) is 18.4 Å². The Kier molecular flexibility index (Phi) is 5.01. The van der Waals surface area contributed by atoms with Crippen molar-refractivity contribution in [1.82, 2.24) is 4.90 Å². The molecule has 2 aliphatic rings. The number of amides is 1. The summed E-state index contributed by atoms with van der Waals surface area (Å²) in [6.07, 6.45) is 1.57. The molecule has 2 aromatic rings. The summed E-state index contributed by atoms with van der Waals surface area (Å²) in [6.45, 7) is 3.10. The van der Waals surface area contributed by atoms with Crippen molar-refractivity contribution < 1.29 is 13.2 Å². The Bertz CT molecular complexity index is 1080. The zero-order chi connectivity index (χ0) is 19.9. The van der Waals surface area contributed by atoms with Crippen LogP contribution in [-0.4, -0.2) is 38.2 Å². The van der Waals surface area contributed by atoms with Gasteiger partial charge in [-0.15, -0.1) is 4.40 Å². The lowest BCUT2D eigenvalue weighted by molar-refractivity contribution is -0.121. The van der Waals surface area contributed by atoms with Crippen LogP contribution in [0.1, 0.15) is 24.0 Å². The van der Waals surface area contributed by atoms with Crippen LogP contribution >= 0.6 is 15.9 Å². The van der Waals surface area contributed by atoms with Crippen LogP contribution in [-0.2, 0) is 14.8 Å². The zero-order valence-electron chi connectivity index (χ0n) is 15.4. The summed E-state index contributed by atoms with van der Waals surface area (Å²) in [5.41, 5.74) is 2.42. The second kappa shape index (κ2) is 7.33. The van der Waals surface area contributed by atoms with E-state index in [1.54, 1.807) is 24.3 Å². The molecule has 0 aromatic heterocycles. The van der Waals surface area contributed by atoms with Gasteiger partial charge in [-0.3, -0.25) is 4.79 Å². The van der Waals surface area contributed by atoms with Gasteiger partial charge in [0.15, 0.2) is 5.84 Å². The molecule has 8 heteroatoms. The Morgan fingerprint density at radius 3 is 2.82 bits per heavy atom. The van der Waals surface area contributed by atoms with Crippen LogP contribution in [0.3, 0.4) is 0 Å². The first-order valence-corrected chi connectivity index (χ1v) is 11.3. The number of sulfonamides is 1. The first-order valence-electron chi connectivity index (χ1n) is 9.11. The monoisotopic (exact) mass is 461 g/mol. The van der Waals surface area contributed by atoms with E-state index < -0.39 is 10.0 Å². The molecule has 6 nitrogen and oxygen atoms in total. The van der Waals surface area contributed by atoms with Gasteiger partial charge in [0.25, 0.3) is 10.0 Å². The van der Waals surface area contributed by atoms with Crippen molar-refractivity contribution in [2.45, 2.75) is 24.7 Å². The van der Waals surface area contributed by atoms with Crippen LogP contribution in [0.5, 0.6) is 0 Å². The molecule has 28 heavy (non-hydrogen) atoms. The highest BCUT2D eigenvalue weighted by molar-refractivity contribution is 9.10. The maximum Gasteiger partial charge on any atom is 0.285 e. The smallest absolute Gasteiger partial charge is 0.285 e. The van der Waals surface area contributed by atoms with Crippen LogP contribution in [0.15, 0.2) is 56.2 Å². The highest BCUT2D eigenvalue weighted by Gasteiger charge is 2.35. The minimum Gasteiger partial charge on any atom is -0.355 e. The van der Waals surface area contributed by atoms with E-state index in [1.165, 1.54) is 0 Å². The third-order valence-electron chi connectivity index (χ3n) is 5.13. The third-order valence-corrected chi connectivity index (χ3v) is 7.34. The lowest BCUT2D eigenvalue weighted by Gasteiger charge is -2.33. The number of nitrogens with one attached hydrogen (secondary N) is 1. The molecule has 1 amide bonds. The number of anilines is 1. The topological polar surface area (TPSA) is 78.8 Å². The minimum absolute atomic E-state index is 0.0545. The van der Waals surface area contributed by atoms with E-state index >= 15 is 0 Å². The van der Waals surface area contributed by atoms with Crippen molar-refractivity contribution in [3.05, 3.63) is 58.1 Å². The van der Waals surface area contributed by atoms with Crippen molar-refractivity contribution in [2.24, 2.45) is 10.3 Å². The molecule has 1 unspecified atom stereocenters. The van der Waals surface area contributed by atoms with Gasteiger partial charge in [0, 0.05) is 28.8 Å². The van der Waals surface area contributed by atoms with Gasteiger partial charge in [0.05, 0.1) is 5.92 Å². The predicted octanol–water partition coefficient (Wildman–Crippen LogP) is 3.56. The highest BCUT2D eigenvalue weighted by atomic mass is 79.9. The van der Waals surface area contributed by atoms with Gasteiger partial charge in [0.2, 0.25) is 5.91 Å². The molecular weight excluding hydrogens is 442 g/mol. The fourth-order valence-electron chi connectivity index (χ4n) is 3.67. The molecule has 0 bridgehead atoms. The van der Waals surface area contributed by atoms with Crippen molar-refractivity contribution in [3.8, 4) is 0 Å². The number of carbonyl (C=O) groups excluding carboxylic acids is 1. The molecule has 0 spiro atoms. The van der Waals surface area contributed by atoms with Crippen LogP contribution < -0.4 is 5.32 Å². The van der Waals surface area contributed by atoms with Crippen molar-refractivity contribution in [1.29, 1.82) is 0 Å². The summed E-state index contributed by atoms with van der Waals surface area (Å²) < 4.78 is 29.6. The second-order valence-corrected chi connectivity index (χ2v) is 9.55. The average Bonchev–Trinajstić information content (AvgIpc) is 2.96. The molecule has 1 saturated heterocycles. The Balaban J connectivity index is 1.52. The van der Waals surface area contributed by atoms with E-state index in [2.05, 4.69) is 25.6 Å². The molecule has 0 saturated carbocycles. The summed E-state index contributed by atoms with van der Waals surface area (Å²) >= 11 is 3.46. The molecular formula is C20H20BrN3O3S. The van der Waals surface area contributed by atoms with Gasteiger partial charge in [-0.25, -0.2) is 0 Å². The number of nitrogens with zero attached hydrogens (tertiary/aromatic N) is 2. The molecule has 4 rings (SSSR count). The third kappa shape index (κ3) is 3.58. The van der Waals surface area contributed by atoms with Gasteiger partial charge in [0.1, 0.15) is 4.90 Å². The fourth-order valence-corrected chi connectivity index (χ4v) is 5.14. The number of halogens is 1. The Morgan fingerprint density at radius 2 is 2.04 bits per heavy atom. The standard InChI is InChI=1S/C20H20BrN3O3S/c1-13-11-15(8-9-17(13)21)22-20(25)14-5-4-10-24(12-14)19-16-6-2-3-7-18(16)28(26,27)23-19/h2-3,6-9,11,14H,4-5,10,12H2,1H3,(H,22,25). The minimum atomic E-state index is -3.66. The molecule has 0 aliphatic carbocycles. The van der Waals surface area contributed by atoms with Gasteiger partial charge >= 0.3 is 0 Å². The zero-order valence-corrected chi connectivity index (χ0v) is 17.8. The molecule has 0 radical (unpaired) electrons. The van der Waals surface area contributed by atoms with E-state index in [9.17, 15) is 13.2 Å². The molecule has 2 aliphatic heterocycles. The van der Waals surface area contributed by atoms with Crippen LogP contribution in [0.4, 0.5) is 5.69 Å². The van der Waals surface area contributed by atoms with Crippen LogP contribution in [0, 0.1) is 12.8 Å². The molecule has 2 aromatic carbocycles. The molecule has 1 N–H and O–H groups in total. The fraction of sp³-hybridized carbons (Fsp3) is 0.300. The lowest BCUT2D eigenvalue weighted by atomic mass is 9.96. The molecule has 1 atom stereocenters. The lowest BCUT2D eigenvalue weighted by Crippen LogP contribution is -2.43. The number of fused-ring (bicyclic) bond motifs is 1. The van der Waals surface area contributed by atoms with Crippen LogP contribution in [0.25, 0.3) is 0 Å². The molecule has 2 heterocycles. The quantitative estimate of drug-likeness (QED) is 0.741. The summed E-state index contributed by atoms with van der Waals surface area (Å²) in [5.74, 6) is 0.171. The Labute approximate surface area is 172 Å². The normalized spacial score (nSPS) is 20.4. The number of hydrogen-bond acceptors (Lipinski definition) is 4. The number of hydrogen-bond donors (Lipinski definition) is 1. The summed E-state index contributed by atoms with van der Waals surface area (Å²) in [6, 6.07) is 12.5. The molecule has 146 valence electrons. The first-order chi connectivity index (χ1) is 13.3. The number of rotatable bonds is 2. The van der Waals surface area contributed by atoms with Gasteiger partial charge < -0.3 is 10.2 Å². The maximum absolute atomic E-state index is 12.8. The van der Waals surface area contributed by atoms with E-state index in [0.717, 1.165) is 28.6 Å². The Morgan fingerprint density at radius 1 is 1.25 bits per heavy atom. The maximum atomic E-state index is 12.8. The number of piperidine rings is 1. The number of carbonyl (C=O) groups is 1. The SMILES string of the molecule is Cc1cc(NC(=O)C2CCCN(C3=NS(=O)(=O)c4ccccc43)C2)ccc1Br. The van der Waals surface area contributed by atoms with E-state index in [-0.39, 0.29) is 16.7 Å². The summed E-state index contributed by atoms with van der Waals surface area (Å²) in [5, 5.41) is 2.98. The number of benzene rings is 2. The number of amidine groups is 1. The number of likely N-dealkylation sites (tertiary alicyclic amines) is 1. The molecule has 1 fully saturated rings. The predicted molar refractivity (Wildman–Crippen MR) is 112 cm³/mol. The Hall–Kier alpha value is -2.19. The van der Waals surface area contributed by atoms with Crippen molar-refractivity contribution in [3.63, 3.8) is 0 Å². The number of aryl methyl sites for hydroxylation is 1. The van der Waals surface area contributed by atoms with E-state index in [1.807, 2.05) is 30.0 Å². The summed E-state index contributed by atoms with van der Waals surface area (Å²) in [4.78, 5) is 14.9. The van der Waals surface area contributed by atoms with Gasteiger partial charge in [-0.1, -0.05) is 28.1 Å². The second-order valence-electron chi connectivity index (χ2n) is 7.12. The van der Waals surface area contributed by atoms with E-state index in [0.29, 0.717) is 24.5 Å². The van der Waals surface area contributed by atoms with Crippen LogP contribution in [0.2, 0.25) is 0 Å². The van der Waals surface area contributed by atoms with Crippen molar-refractivity contribution >= 4 is 43.4 Å². The van der Waals surface area contributed by atoms with E-state index in [4.69, 9.17) is 0 Å². The first kappa shape index (κ1) is 19.1. The largest absolute Gasteiger partial charge is 0.355 e. The van der Waals surface area contributed by atoms with Gasteiger partial charge in [-0.05, 0) is 55.7 Å². The highest BCUT2D eigenvalue weighted by Crippen LogP contribution is 2.30. The van der Waals surface area contributed by atoms with Gasteiger partial charge in [-0.2, -0.15) is 8.42 Å². The average molecular weight is 462 g/mol. The summed E-state index contributed by atoms with van der Waals surface area (Å²) in [7, 11) is -3.66.